The van der Waals surface area contributed by atoms with E-state index >= 15 is 0 Å². The normalized spacial score (nSPS) is 11.1. The fraction of sp³-hybridized carbons (Fsp3) is 0.562. The van der Waals surface area contributed by atoms with Crippen molar-refractivity contribution in [3.8, 4) is 0 Å². The van der Waals surface area contributed by atoms with Crippen molar-refractivity contribution in [2.24, 2.45) is 0 Å². The first-order chi connectivity index (χ1) is 9.74. The standard InChI is InChI=1S/C16H25N3O2/c1-6-7-11-19(5)15(21)13-10-8-9-12(17-13)14(20)18-16(2,3)4/h8-10H,6-7,11H2,1-5H3,(H,18,20). The van der Waals surface area contributed by atoms with Gasteiger partial charge in [-0.15, -0.1) is 0 Å². The summed E-state index contributed by atoms with van der Waals surface area (Å²) in [6.45, 7) is 8.47. The van der Waals surface area contributed by atoms with Gasteiger partial charge in [0.05, 0.1) is 0 Å². The van der Waals surface area contributed by atoms with Crippen LogP contribution in [0.15, 0.2) is 18.2 Å². The molecule has 0 fully saturated rings. The fourth-order valence-corrected chi connectivity index (χ4v) is 1.78. The highest BCUT2D eigenvalue weighted by Gasteiger charge is 2.18. The third-order valence-electron chi connectivity index (χ3n) is 2.88. The van der Waals surface area contributed by atoms with Crippen LogP contribution in [0.5, 0.6) is 0 Å². The van der Waals surface area contributed by atoms with Crippen molar-refractivity contribution >= 4 is 11.8 Å². The number of unbranched alkanes of at least 4 members (excludes halogenated alkanes) is 1. The Kier molecular flexibility index (Phi) is 5.88. The van der Waals surface area contributed by atoms with E-state index in [2.05, 4.69) is 17.2 Å². The molecule has 0 aliphatic rings. The van der Waals surface area contributed by atoms with Crippen molar-refractivity contribution < 1.29 is 9.59 Å². The average molecular weight is 291 g/mol. The van der Waals surface area contributed by atoms with E-state index in [9.17, 15) is 9.59 Å². The minimum absolute atomic E-state index is 0.158. The van der Waals surface area contributed by atoms with Gasteiger partial charge in [-0.2, -0.15) is 0 Å². The van der Waals surface area contributed by atoms with Gasteiger partial charge in [0.1, 0.15) is 11.4 Å². The third kappa shape index (κ3) is 5.53. The number of pyridine rings is 1. The van der Waals surface area contributed by atoms with Gasteiger partial charge in [0.25, 0.3) is 11.8 Å². The van der Waals surface area contributed by atoms with Crippen LogP contribution >= 0.6 is 0 Å². The molecule has 0 radical (unpaired) electrons. The lowest BCUT2D eigenvalue weighted by molar-refractivity contribution is 0.0787. The fourth-order valence-electron chi connectivity index (χ4n) is 1.78. The highest BCUT2D eigenvalue weighted by Crippen LogP contribution is 2.06. The zero-order chi connectivity index (χ0) is 16.0. The lowest BCUT2D eigenvalue weighted by Crippen LogP contribution is -2.41. The van der Waals surface area contributed by atoms with Crippen LogP contribution in [0, 0.1) is 0 Å². The van der Waals surface area contributed by atoms with E-state index in [1.54, 1.807) is 30.1 Å². The second kappa shape index (κ2) is 7.20. The monoisotopic (exact) mass is 291 g/mol. The molecule has 1 aromatic heterocycles. The van der Waals surface area contributed by atoms with Crippen LogP contribution in [0.1, 0.15) is 61.5 Å². The highest BCUT2D eigenvalue weighted by molar-refractivity contribution is 5.96. The van der Waals surface area contributed by atoms with Gasteiger partial charge in [0.15, 0.2) is 0 Å². The molecule has 0 saturated carbocycles. The van der Waals surface area contributed by atoms with Crippen molar-refractivity contribution in [1.29, 1.82) is 0 Å². The van der Waals surface area contributed by atoms with Crippen LogP contribution < -0.4 is 5.32 Å². The predicted molar refractivity (Wildman–Crippen MR) is 83.3 cm³/mol. The second-order valence-corrected chi connectivity index (χ2v) is 6.19. The second-order valence-electron chi connectivity index (χ2n) is 6.19. The number of carbonyl (C=O) groups excluding carboxylic acids is 2. The van der Waals surface area contributed by atoms with Crippen molar-refractivity contribution in [3.05, 3.63) is 29.6 Å². The Hall–Kier alpha value is -1.91. The van der Waals surface area contributed by atoms with E-state index in [0.717, 1.165) is 12.8 Å². The lowest BCUT2D eigenvalue weighted by Gasteiger charge is -2.20. The average Bonchev–Trinajstić information content (AvgIpc) is 2.42. The third-order valence-corrected chi connectivity index (χ3v) is 2.88. The van der Waals surface area contributed by atoms with Gasteiger partial charge in [-0.25, -0.2) is 4.98 Å². The molecule has 1 rings (SSSR count). The summed E-state index contributed by atoms with van der Waals surface area (Å²) in [6, 6.07) is 4.94. The van der Waals surface area contributed by atoms with Crippen LogP contribution in [-0.2, 0) is 0 Å². The Morgan fingerprint density at radius 3 is 2.43 bits per heavy atom. The van der Waals surface area contributed by atoms with Crippen molar-refractivity contribution in [1.82, 2.24) is 15.2 Å². The Balaban J connectivity index is 2.85. The minimum atomic E-state index is -0.337. The summed E-state index contributed by atoms with van der Waals surface area (Å²) in [7, 11) is 1.75. The molecule has 1 N–H and O–H groups in total. The quantitative estimate of drug-likeness (QED) is 0.906. The molecule has 0 bridgehead atoms. The number of aromatic nitrogens is 1. The van der Waals surface area contributed by atoms with E-state index in [1.165, 1.54) is 0 Å². The Morgan fingerprint density at radius 2 is 1.86 bits per heavy atom. The van der Waals surface area contributed by atoms with Gasteiger partial charge in [0, 0.05) is 19.1 Å². The molecule has 116 valence electrons. The van der Waals surface area contributed by atoms with E-state index in [-0.39, 0.29) is 23.0 Å². The van der Waals surface area contributed by atoms with Crippen molar-refractivity contribution in [3.63, 3.8) is 0 Å². The van der Waals surface area contributed by atoms with Crippen molar-refractivity contribution in [2.75, 3.05) is 13.6 Å². The van der Waals surface area contributed by atoms with Gasteiger partial charge in [0.2, 0.25) is 0 Å². The molecule has 5 nitrogen and oxygen atoms in total. The molecule has 2 amide bonds. The predicted octanol–water partition coefficient (Wildman–Crippen LogP) is 2.48. The smallest absolute Gasteiger partial charge is 0.272 e. The Labute approximate surface area is 126 Å². The molecular formula is C16H25N3O2. The first-order valence-electron chi connectivity index (χ1n) is 7.29. The lowest BCUT2D eigenvalue weighted by atomic mass is 10.1. The summed E-state index contributed by atoms with van der Waals surface area (Å²) in [5.41, 5.74) is 0.228. The topological polar surface area (TPSA) is 62.3 Å². The largest absolute Gasteiger partial charge is 0.346 e. The maximum atomic E-state index is 12.2. The van der Waals surface area contributed by atoms with Gasteiger partial charge >= 0.3 is 0 Å². The number of amides is 2. The Morgan fingerprint density at radius 1 is 1.24 bits per heavy atom. The number of rotatable bonds is 5. The molecular weight excluding hydrogens is 266 g/mol. The van der Waals surface area contributed by atoms with Crippen LogP contribution in [-0.4, -0.2) is 40.8 Å². The summed E-state index contributed by atoms with van der Waals surface area (Å²) < 4.78 is 0. The number of nitrogens with one attached hydrogen (secondary N) is 1. The summed E-state index contributed by atoms with van der Waals surface area (Å²) in [6.07, 6.45) is 1.98. The maximum Gasteiger partial charge on any atom is 0.272 e. The first-order valence-corrected chi connectivity index (χ1v) is 7.29. The molecule has 1 heterocycles. The summed E-state index contributed by atoms with van der Waals surface area (Å²) in [5.74, 6) is -0.429. The minimum Gasteiger partial charge on any atom is -0.346 e. The molecule has 0 saturated heterocycles. The number of hydrogen-bond acceptors (Lipinski definition) is 3. The summed E-state index contributed by atoms with van der Waals surface area (Å²) >= 11 is 0. The zero-order valence-corrected chi connectivity index (χ0v) is 13.6. The van der Waals surface area contributed by atoms with Crippen molar-refractivity contribution in [2.45, 2.75) is 46.1 Å². The van der Waals surface area contributed by atoms with E-state index in [1.807, 2.05) is 20.8 Å². The number of hydrogen-bond donors (Lipinski definition) is 1. The Bertz CT molecular complexity index is 506. The molecule has 0 aliphatic heterocycles. The molecule has 1 aromatic rings. The van der Waals surface area contributed by atoms with Crippen LogP contribution in [0.25, 0.3) is 0 Å². The number of nitrogens with zero attached hydrogens (tertiary/aromatic N) is 2. The SMILES string of the molecule is CCCCN(C)C(=O)c1cccc(C(=O)NC(C)(C)C)n1. The molecule has 0 spiro atoms. The molecule has 0 atom stereocenters. The van der Waals surface area contributed by atoms with Gasteiger partial charge in [-0.3, -0.25) is 9.59 Å². The molecule has 0 unspecified atom stereocenters. The maximum absolute atomic E-state index is 12.2. The van der Waals surface area contributed by atoms with Crippen LogP contribution in [0.3, 0.4) is 0 Å². The van der Waals surface area contributed by atoms with Gasteiger partial charge in [-0.05, 0) is 39.3 Å². The zero-order valence-electron chi connectivity index (χ0n) is 13.6. The van der Waals surface area contributed by atoms with Crippen LogP contribution in [0.4, 0.5) is 0 Å². The molecule has 0 aliphatic carbocycles. The molecule has 0 aromatic carbocycles. The summed E-state index contributed by atoms with van der Waals surface area (Å²) in [4.78, 5) is 30.1. The number of carbonyl (C=O) groups is 2. The van der Waals surface area contributed by atoms with E-state index in [0.29, 0.717) is 12.2 Å². The van der Waals surface area contributed by atoms with E-state index < -0.39 is 0 Å². The molecule has 5 heteroatoms. The molecule has 21 heavy (non-hydrogen) atoms. The van der Waals surface area contributed by atoms with Crippen LogP contribution in [0.2, 0.25) is 0 Å². The first kappa shape index (κ1) is 17.1. The summed E-state index contributed by atoms with van der Waals surface area (Å²) in [5, 5.41) is 2.84. The van der Waals surface area contributed by atoms with Gasteiger partial charge < -0.3 is 10.2 Å². The van der Waals surface area contributed by atoms with E-state index in [4.69, 9.17) is 0 Å². The van der Waals surface area contributed by atoms with Gasteiger partial charge in [-0.1, -0.05) is 19.4 Å². The highest BCUT2D eigenvalue weighted by atomic mass is 16.2.